The number of nitrogens with one attached hydrogen (secondary N) is 1. The quantitative estimate of drug-likeness (QED) is 0.443. The highest BCUT2D eigenvalue weighted by atomic mass is 16.5. The molecule has 152 valence electrons. The molecule has 1 amide bonds. The van der Waals surface area contributed by atoms with Crippen LogP contribution in [0, 0.1) is 11.8 Å². The third kappa shape index (κ3) is 6.35. The van der Waals surface area contributed by atoms with E-state index in [9.17, 15) is 9.59 Å². The molecule has 27 heavy (non-hydrogen) atoms. The minimum Gasteiger partial charge on any atom is -0.463 e. The summed E-state index contributed by atoms with van der Waals surface area (Å²) in [6.45, 7) is 17.1. The first-order valence-corrected chi connectivity index (χ1v) is 10.0. The Morgan fingerprint density at radius 2 is 1.85 bits per heavy atom. The van der Waals surface area contributed by atoms with E-state index in [0.29, 0.717) is 37.6 Å². The van der Waals surface area contributed by atoms with Gasteiger partial charge in [-0.2, -0.15) is 0 Å². The second-order valence-electron chi connectivity index (χ2n) is 7.10. The molecule has 0 aromatic rings. The van der Waals surface area contributed by atoms with Gasteiger partial charge in [-0.15, -0.1) is 13.2 Å². The Morgan fingerprint density at radius 1 is 1.26 bits per heavy atom. The number of hydrogen-bond donors (Lipinski definition) is 1. The largest absolute Gasteiger partial charge is 0.463 e. The Bertz CT molecular complexity index is 542. The maximum absolute atomic E-state index is 12.5. The summed E-state index contributed by atoms with van der Waals surface area (Å²) < 4.78 is 5.29. The lowest BCUT2D eigenvalue weighted by Crippen LogP contribution is -2.58. The second kappa shape index (κ2) is 11.8. The summed E-state index contributed by atoms with van der Waals surface area (Å²) in [5.41, 5.74) is 0.707. The Kier molecular flexibility index (Phi) is 10.1. The van der Waals surface area contributed by atoms with Gasteiger partial charge in [0.15, 0.2) is 0 Å². The van der Waals surface area contributed by atoms with Crippen LogP contribution in [0.1, 0.15) is 47.0 Å². The molecule has 0 bridgehead atoms. The summed E-state index contributed by atoms with van der Waals surface area (Å²) in [6, 6.07) is -0.0783. The molecular formula is C22H36N2O3. The molecule has 3 atom stereocenters. The molecule has 0 heterocycles. The third-order valence-electron chi connectivity index (χ3n) is 5.35. The lowest BCUT2D eigenvalue weighted by atomic mass is 9.73. The minimum absolute atomic E-state index is 0.0140. The molecule has 5 heteroatoms. The first kappa shape index (κ1) is 23.2. The monoisotopic (exact) mass is 376 g/mol. The zero-order chi connectivity index (χ0) is 20.4. The Hall–Kier alpha value is -1.88. The number of amides is 1. The van der Waals surface area contributed by atoms with Crippen molar-refractivity contribution in [3.05, 3.63) is 37.0 Å². The molecule has 0 fully saturated rings. The first-order chi connectivity index (χ1) is 12.9. The number of carbonyl (C=O) groups is 2. The summed E-state index contributed by atoms with van der Waals surface area (Å²) >= 11 is 0. The lowest BCUT2D eigenvalue weighted by molar-refractivity contribution is -0.139. The molecule has 0 aromatic carbocycles. The molecule has 0 saturated heterocycles. The summed E-state index contributed by atoms with van der Waals surface area (Å²) in [7, 11) is 0. The van der Waals surface area contributed by atoms with Crippen molar-refractivity contribution >= 4 is 11.9 Å². The SMILES string of the molecule is C=CCN(CC=C)C1CC(C(=O)OCC)=CC(C(CC)CC)C1NC(C)=O. The maximum atomic E-state index is 12.5. The van der Waals surface area contributed by atoms with Crippen LogP contribution in [0.2, 0.25) is 0 Å². The topological polar surface area (TPSA) is 58.6 Å². The van der Waals surface area contributed by atoms with Crippen LogP contribution in [-0.2, 0) is 14.3 Å². The minimum atomic E-state index is -0.253. The summed E-state index contributed by atoms with van der Waals surface area (Å²) in [4.78, 5) is 26.7. The van der Waals surface area contributed by atoms with Gasteiger partial charge < -0.3 is 10.1 Å². The molecule has 0 radical (unpaired) electrons. The van der Waals surface area contributed by atoms with E-state index in [1.54, 1.807) is 6.92 Å². The highest BCUT2D eigenvalue weighted by Crippen LogP contribution is 2.35. The molecule has 1 aliphatic rings. The molecule has 5 nitrogen and oxygen atoms in total. The highest BCUT2D eigenvalue weighted by molar-refractivity contribution is 5.89. The van der Waals surface area contributed by atoms with Crippen molar-refractivity contribution in [1.29, 1.82) is 0 Å². The number of esters is 1. The van der Waals surface area contributed by atoms with E-state index in [-0.39, 0.29) is 29.9 Å². The van der Waals surface area contributed by atoms with E-state index in [2.05, 4.69) is 37.2 Å². The van der Waals surface area contributed by atoms with Gasteiger partial charge >= 0.3 is 5.97 Å². The van der Waals surface area contributed by atoms with E-state index in [4.69, 9.17) is 4.74 Å². The van der Waals surface area contributed by atoms with Gasteiger partial charge in [0, 0.05) is 37.5 Å². The Balaban J connectivity index is 3.39. The molecule has 0 saturated carbocycles. The molecule has 1 rings (SSSR count). The number of nitrogens with zero attached hydrogens (tertiary/aromatic N) is 1. The van der Waals surface area contributed by atoms with E-state index in [1.165, 1.54) is 0 Å². The van der Waals surface area contributed by atoms with Gasteiger partial charge in [-0.1, -0.05) is 44.9 Å². The van der Waals surface area contributed by atoms with Gasteiger partial charge in [-0.3, -0.25) is 9.69 Å². The molecular weight excluding hydrogens is 340 g/mol. The third-order valence-corrected chi connectivity index (χ3v) is 5.35. The van der Waals surface area contributed by atoms with Crippen molar-refractivity contribution in [2.45, 2.75) is 59.0 Å². The van der Waals surface area contributed by atoms with Gasteiger partial charge in [0.05, 0.1) is 12.6 Å². The van der Waals surface area contributed by atoms with Gasteiger partial charge in [0.25, 0.3) is 0 Å². The smallest absolute Gasteiger partial charge is 0.333 e. The average Bonchev–Trinajstić information content (AvgIpc) is 2.63. The number of hydrogen-bond acceptors (Lipinski definition) is 4. The van der Waals surface area contributed by atoms with Crippen molar-refractivity contribution in [3.63, 3.8) is 0 Å². The fraction of sp³-hybridized carbons (Fsp3) is 0.636. The predicted molar refractivity (Wildman–Crippen MR) is 110 cm³/mol. The molecule has 0 aliphatic heterocycles. The molecule has 1 N–H and O–H groups in total. The Morgan fingerprint density at radius 3 is 2.30 bits per heavy atom. The zero-order valence-corrected chi connectivity index (χ0v) is 17.4. The van der Waals surface area contributed by atoms with E-state index < -0.39 is 0 Å². The normalized spacial score (nSPS) is 22.3. The average molecular weight is 377 g/mol. The van der Waals surface area contributed by atoms with Crippen LogP contribution in [0.25, 0.3) is 0 Å². The molecule has 0 spiro atoms. The van der Waals surface area contributed by atoms with Crippen molar-refractivity contribution in [2.24, 2.45) is 11.8 Å². The fourth-order valence-electron chi connectivity index (χ4n) is 4.11. The van der Waals surface area contributed by atoms with Crippen molar-refractivity contribution in [3.8, 4) is 0 Å². The number of carbonyl (C=O) groups excluding carboxylic acids is 2. The fourth-order valence-corrected chi connectivity index (χ4v) is 4.11. The van der Waals surface area contributed by atoms with Gasteiger partial charge in [-0.05, 0) is 19.3 Å². The van der Waals surface area contributed by atoms with Gasteiger partial charge in [-0.25, -0.2) is 4.79 Å². The van der Waals surface area contributed by atoms with Crippen LogP contribution in [0.3, 0.4) is 0 Å². The second-order valence-corrected chi connectivity index (χ2v) is 7.10. The van der Waals surface area contributed by atoms with E-state index >= 15 is 0 Å². The van der Waals surface area contributed by atoms with Crippen LogP contribution in [0.4, 0.5) is 0 Å². The van der Waals surface area contributed by atoms with Crippen LogP contribution in [-0.4, -0.2) is 48.6 Å². The van der Waals surface area contributed by atoms with Crippen molar-refractivity contribution in [2.75, 3.05) is 19.7 Å². The molecule has 1 aliphatic carbocycles. The number of rotatable bonds is 11. The zero-order valence-electron chi connectivity index (χ0n) is 17.4. The summed E-state index contributed by atoms with van der Waals surface area (Å²) in [5, 5.41) is 3.17. The maximum Gasteiger partial charge on any atom is 0.333 e. The van der Waals surface area contributed by atoms with Gasteiger partial charge in [0.1, 0.15) is 0 Å². The predicted octanol–water partition coefficient (Wildman–Crippen LogP) is 3.48. The Labute approximate surface area is 164 Å². The molecule has 0 aromatic heterocycles. The highest BCUT2D eigenvalue weighted by Gasteiger charge is 2.40. The van der Waals surface area contributed by atoms with Crippen LogP contribution in [0.5, 0.6) is 0 Å². The van der Waals surface area contributed by atoms with E-state index in [0.717, 1.165) is 12.8 Å². The number of ether oxygens (including phenoxy) is 1. The van der Waals surface area contributed by atoms with Crippen molar-refractivity contribution in [1.82, 2.24) is 10.2 Å². The van der Waals surface area contributed by atoms with Gasteiger partial charge in [0.2, 0.25) is 5.91 Å². The van der Waals surface area contributed by atoms with Crippen LogP contribution in [0.15, 0.2) is 37.0 Å². The summed E-state index contributed by atoms with van der Waals surface area (Å²) in [5.74, 6) is 0.158. The summed E-state index contributed by atoms with van der Waals surface area (Å²) in [6.07, 6.45) is 8.26. The first-order valence-electron chi connectivity index (χ1n) is 10.0. The van der Waals surface area contributed by atoms with Crippen LogP contribution >= 0.6 is 0 Å². The standard InChI is InChI=1S/C22H36N2O3/c1-7-12-24(13-8-2)20-15-18(22(26)27-11-5)14-19(17(9-3)10-4)21(20)23-16(6)25/h7-8,14,17,19-21H,1-2,9-13,15H2,3-6H3,(H,23,25). The molecule has 3 unspecified atom stereocenters. The van der Waals surface area contributed by atoms with Crippen molar-refractivity contribution < 1.29 is 14.3 Å². The lowest BCUT2D eigenvalue weighted by Gasteiger charge is -2.45. The van der Waals surface area contributed by atoms with E-state index in [1.807, 2.05) is 25.2 Å². The van der Waals surface area contributed by atoms with Crippen LogP contribution < -0.4 is 5.32 Å².